The van der Waals surface area contributed by atoms with Crippen molar-refractivity contribution in [1.29, 1.82) is 0 Å². The lowest BCUT2D eigenvalue weighted by molar-refractivity contribution is -0.116. The first-order chi connectivity index (χ1) is 16.7. The minimum Gasteiger partial charge on any atom is -0.497 e. The van der Waals surface area contributed by atoms with Gasteiger partial charge < -0.3 is 15.4 Å². The molecule has 4 nitrogen and oxygen atoms in total. The van der Waals surface area contributed by atoms with Gasteiger partial charge in [-0.25, -0.2) is 0 Å². The quantitative estimate of drug-likeness (QED) is 0.362. The maximum Gasteiger partial charge on any atom is 0.163 e. The molecule has 4 aromatic carbocycles. The summed E-state index contributed by atoms with van der Waals surface area (Å²) in [5.74, 6) is 1.15. The van der Waals surface area contributed by atoms with E-state index in [9.17, 15) is 4.79 Å². The molecule has 0 saturated heterocycles. The Bertz CT molecular complexity index is 1420. The maximum atomic E-state index is 13.7. The molecule has 168 valence electrons. The molecule has 1 aliphatic carbocycles. The van der Waals surface area contributed by atoms with Crippen LogP contribution in [0.1, 0.15) is 35.9 Å². The second-order valence-electron chi connectivity index (χ2n) is 9.05. The highest BCUT2D eigenvalue weighted by atomic mass is 16.5. The summed E-state index contributed by atoms with van der Waals surface area (Å²) in [4.78, 5) is 13.7. The molecule has 0 unspecified atom stereocenters. The van der Waals surface area contributed by atoms with Gasteiger partial charge in [-0.3, -0.25) is 4.79 Å². The number of allylic oxidation sites excluding steroid dienone is 1. The number of fused-ring (bicyclic) bond motifs is 2. The lowest BCUT2D eigenvalue weighted by atomic mass is 9.78. The Morgan fingerprint density at radius 2 is 1.47 bits per heavy atom. The Kier molecular flexibility index (Phi) is 5.06. The molecule has 0 bridgehead atoms. The van der Waals surface area contributed by atoms with E-state index in [1.807, 2.05) is 24.3 Å². The van der Waals surface area contributed by atoms with Crippen LogP contribution in [0.4, 0.5) is 11.4 Å². The van der Waals surface area contributed by atoms with Crippen LogP contribution in [-0.4, -0.2) is 12.9 Å². The number of ketones is 1. The number of rotatable bonds is 3. The van der Waals surface area contributed by atoms with Crippen molar-refractivity contribution in [3.05, 3.63) is 113 Å². The van der Waals surface area contributed by atoms with Gasteiger partial charge in [0.05, 0.1) is 24.5 Å². The van der Waals surface area contributed by atoms with Gasteiger partial charge in [0, 0.05) is 17.7 Å². The first kappa shape index (κ1) is 20.5. The van der Waals surface area contributed by atoms with Crippen molar-refractivity contribution >= 4 is 27.9 Å². The highest BCUT2D eigenvalue weighted by molar-refractivity contribution is 6.01. The number of methoxy groups -OCH3 is 1. The fourth-order valence-electron chi connectivity index (χ4n) is 5.24. The van der Waals surface area contributed by atoms with E-state index < -0.39 is 0 Å². The number of carbonyl (C=O) groups is 1. The van der Waals surface area contributed by atoms with Crippen molar-refractivity contribution in [2.24, 2.45) is 0 Å². The molecule has 0 aromatic heterocycles. The number of nitrogens with one attached hydrogen (secondary N) is 2. The van der Waals surface area contributed by atoms with Crippen molar-refractivity contribution in [1.82, 2.24) is 0 Å². The monoisotopic (exact) mass is 446 g/mol. The number of anilines is 2. The van der Waals surface area contributed by atoms with E-state index in [1.54, 1.807) is 7.11 Å². The summed E-state index contributed by atoms with van der Waals surface area (Å²) in [5.41, 5.74) is 6.12. The minimum atomic E-state index is -0.208. The van der Waals surface area contributed by atoms with Crippen LogP contribution in [0.3, 0.4) is 0 Å². The van der Waals surface area contributed by atoms with Crippen molar-refractivity contribution < 1.29 is 9.53 Å². The maximum absolute atomic E-state index is 13.7. The number of benzene rings is 4. The third-order valence-electron chi connectivity index (χ3n) is 7.00. The molecular weight excluding hydrogens is 420 g/mol. The Morgan fingerprint density at radius 3 is 2.26 bits per heavy atom. The molecule has 0 radical (unpaired) electrons. The summed E-state index contributed by atoms with van der Waals surface area (Å²) in [6.07, 6.45) is 1.28. The summed E-state index contributed by atoms with van der Waals surface area (Å²) in [6, 6.07) is 30.9. The van der Waals surface area contributed by atoms with Gasteiger partial charge in [-0.05, 0) is 64.6 Å². The number of Topliss-reactive ketones (excluding diaryl/α,β-unsaturated/α-hetero) is 1. The summed E-state index contributed by atoms with van der Waals surface area (Å²) in [6.45, 7) is 0. The van der Waals surface area contributed by atoms with E-state index in [0.717, 1.165) is 45.9 Å². The number of para-hydroxylation sites is 2. The van der Waals surface area contributed by atoms with Crippen LogP contribution in [0.15, 0.2) is 102 Å². The summed E-state index contributed by atoms with van der Waals surface area (Å²) >= 11 is 0. The minimum absolute atomic E-state index is 0.132. The number of hydrogen-bond donors (Lipinski definition) is 2. The summed E-state index contributed by atoms with van der Waals surface area (Å²) in [7, 11) is 1.67. The largest absolute Gasteiger partial charge is 0.497 e. The lowest BCUT2D eigenvalue weighted by Crippen LogP contribution is -2.26. The van der Waals surface area contributed by atoms with Gasteiger partial charge in [0.1, 0.15) is 5.75 Å². The number of hydrogen-bond acceptors (Lipinski definition) is 4. The van der Waals surface area contributed by atoms with Gasteiger partial charge in [-0.2, -0.15) is 0 Å². The molecule has 0 amide bonds. The summed E-state index contributed by atoms with van der Waals surface area (Å²) < 4.78 is 5.32. The average molecular weight is 447 g/mol. The second-order valence-corrected chi connectivity index (χ2v) is 9.05. The standard InChI is InChI=1S/C30H26N2O2/c1-34-24-14-12-20(13-15-24)23-17-27-29(28(33)18-23)30(32-26-9-5-4-8-25(26)31-27)22-11-10-19-6-2-3-7-21(19)16-22/h2-16,23,30-32H,17-18H2,1H3/t23-,30+/m1/s1. The highest BCUT2D eigenvalue weighted by Crippen LogP contribution is 2.44. The van der Waals surface area contributed by atoms with Crippen molar-refractivity contribution in [2.75, 3.05) is 17.7 Å². The van der Waals surface area contributed by atoms with Gasteiger partial charge in [-0.15, -0.1) is 0 Å². The highest BCUT2D eigenvalue weighted by Gasteiger charge is 2.36. The van der Waals surface area contributed by atoms with Crippen LogP contribution in [-0.2, 0) is 4.79 Å². The molecule has 0 saturated carbocycles. The molecule has 4 aromatic rings. The predicted octanol–water partition coefficient (Wildman–Crippen LogP) is 6.83. The van der Waals surface area contributed by atoms with Crippen LogP contribution in [0.2, 0.25) is 0 Å². The second kappa shape index (κ2) is 8.38. The lowest BCUT2D eigenvalue weighted by Gasteiger charge is -2.30. The third-order valence-corrected chi connectivity index (χ3v) is 7.00. The average Bonchev–Trinajstić information content (AvgIpc) is 3.05. The number of ether oxygens (including phenoxy) is 1. The summed E-state index contributed by atoms with van der Waals surface area (Å²) in [5, 5.41) is 9.68. The first-order valence-electron chi connectivity index (χ1n) is 11.7. The van der Waals surface area contributed by atoms with Crippen molar-refractivity contribution in [2.45, 2.75) is 24.8 Å². The molecule has 1 aliphatic heterocycles. The molecule has 0 spiro atoms. The zero-order valence-electron chi connectivity index (χ0n) is 19.0. The van der Waals surface area contributed by atoms with Crippen LogP contribution in [0.5, 0.6) is 5.75 Å². The molecule has 2 atom stereocenters. The Balaban J connectivity index is 1.45. The van der Waals surface area contributed by atoms with Crippen molar-refractivity contribution in [3.8, 4) is 5.75 Å². The molecule has 4 heteroatoms. The third kappa shape index (κ3) is 3.61. The molecule has 6 rings (SSSR count). The smallest absolute Gasteiger partial charge is 0.163 e. The molecule has 2 N–H and O–H groups in total. The number of carbonyl (C=O) groups excluding carboxylic acids is 1. The van der Waals surface area contributed by atoms with E-state index in [-0.39, 0.29) is 17.7 Å². The van der Waals surface area contributed by atoms with Gasteiger partial charge in [-0.1, -0.05) is 60.7 Å². The fraction of sp³-hybridized carbons (Fsp3) is 0.167. The SMILES string of the molecule is COc1ccc([C@H]2CC(=O)C3=C(C2)Nc2ccccc2N[C@H]3c2ccc3ccccc3c2)cc1. The van der Waals surface area contributed by atoms with Crippen molar-refractivity contribution in [3.63, 3.8) is 0 Å². The Morgan fingerprint density at radius 1 is 0.765 bits per heavy atom. The molecule has 2 aliphatic rings. The molecular formula is C30H26N2O2. The van der Waals surface area contributed by atoms with Crippen LogP contribution in [0.25, 0.3) is 10.8 Å². The van der Waals surface area contributed by atoms with E-state index in [0.29, 0.717) is 6.42 Å². The van der Waals surface area contributed by atoms with Crippen LogP contribution in [0, 0.1) is 0 Å². The van der Waals surface area contributed by atoms with Crippen LogP contribution < -0.4 is 15.4 Å². The predicted molar refractivity (Wildman–Crippen MR) is 137 cm³/mol. The van der Waals surface area contributed by atoms with E-state index in [4.69, 9.17) is 4.74 Å². The Hall–Kier alpha value is -4.05. The van der Waals surface area contributed by atoms with Gasteiger partial charge >= 0.3 is 0 Å². The first-order valence-corrected chi connectivity index (χ1v) is 11.7. The zero-order valence-corrected chi connectivity index (χ0v) is 19.0. The molecule has 1 heterocycles. The normalized spacial score (nSPS) is 19.5. The van der Waals surface area contributed by atoms with Gasteiger partial charge in [0.2, 0.25) is 0 Å². The topological polar surface area (TPSA) is 50.4 Å². The van der Waals surface area contributed by atoms with E-state index in [2.05, 4.69) is 77.4 Å². The Labute approximate surface area is 199 Å². The fourth-order valence-corrected chi connectivity index (χ4v) is 5.24. The zero-order chi connectivity index (χ0) is 23.1. The van der Waals surface area contributed by atoms with Crippen LogP contribution >= 0.6 is 0 Å². The van der Waals surface area contributed by atoms with Gasteiger partial charge in [0.15, 0.2) is 5.78 Å². The van der Waals surface area contributed by atoms with E-state index >= 15 is 0 Å². The molecule has 34 heavy (non-hydrogen) atoms. The van der Waals surface area contributed by atoms with E-state index in [1.165, 1.54) is 10.8 Å². The molecule has 0 fully saturated rings. The van der Waals surface area contributed by atoms with Gasteiger partial charge in [0.25, 0.3) is 0 Å².